The molecule has 1 unspecified atom stereocenters. The molecule has 1 saturated heterocycles. The Kier molecular flexibility index (Phi) is 5.88. The van der Waals surface area contributed by atoms with Crippen molar-refractivity contribution in [1.29, 1.82) is 0 Å². The first-order valence-corrected chi connectivity index (χ1v) is 6.40. The van der Waals surface area contributed by atoms with Crippen LogP contribution in [0, 0.1) is 0 Å². The highest BCUT2D eigenvalue weighted by Gasteiger charge is 2.13. The number of hydrogen-bond acceptors (Lipinski definition) is 2. The van der Waals surface area contributed by atoms with Gasteiger partial charge in [0.25, 0.3) is 0 Å². The molecular weight excluding hydrogens is 166 g/mol. The minimum absolute atomic E-state index is 0.830. The largest absolute Gasteiger partial charge is 0.313 e. The van der Waals surface area contributed by atoms with Crippen LogP contribution in [0.2, 0.25) is 0 Å². The second kappa shape index (κ2) is 6.79. The maximum atomic E-state index is 3.62. The van der Waals surface area contributed by atoms with E-state index in [1.807, 2.05) is 0 Å². The minimum Gasteiger partial charge on any atom is -0.313 e. The van der Waals surface area contributed by atoms with Gasteiger partial charge in [-0.2, -0.15) is 11.8 Å². The number of hydrogen-bond donors (Lipinski definition) is 1. The van der Waals surface area contributed by atoms with Crippen molar-refractivity contribution < 1.29 is 0 Å². The van der Waals surface area contributed by atoms with Gasteiger partial charge in [-0.1, -0.05) is 26.2 Å². The third-order valence-corrected chi connectivity index (χ3v) is 3.56. The molecule has 1 aliphatic heterocycles. The van der Waals surface area contributed by atoms with E-state index in [4.69, 9.17) is 0 Å². The molecule has 0 aromatic carbocycles. The lowest BCUT2D eigenvalue weighted by Crippen LogP contribution is -2.29. The van der Waals surface area contributed by atoms with Crippen LogP contribution in [-0.4, -0.2) is 24.1 Å². The van der Waals surface area contributed by atoms with Crippen molar-refractivity contribution >= 4 is 11.8 Å². The van der Waals surface area contributed by atoms with Gasteiger partial charge in [0, 0.05) is 11.8 Å². The topological polar surface area (TPSA) is 12.0 Å². The Morgan fingerprint density at radius 3 is 2.92 bits per heavy atom. The first-order chi connectivity index (χ1) is 5.93. The summed E-state index contributed by atoms with van der Waals surface area (Å²) in [7, 11) is 0. The summed E-state index contributed by atoms with van der Waals surface area (Å²) in [6, 6.07) is 0.830. The van der Waals surface area contributed by atoms with Crippen molar-refractivity contribution in [1.82, 2.24) is 5.32 Å². The number of unbranched alkanes of at least 4 members (excludes halogenated alkanes) is 3. The summed E-state index contributed by atoms with van der Waals surface area (Å²) in [5, 5.41) is 3.62. The standard InChI is InChI=1S/C10H21NS/c1-2-3-4-5-7-11-10-6-8-12-9-10/h10-11H,2-9H2,1H3. The average Bonchev–Trinajstić information content (AvgIpc) is 2.57. The molecule has 1 fully saturated rings. The summed E-state index contributed by atoms with van der Waals surface area (Å²) in [5.74, 6) is 2.71. The van der Waals surface area contributed by atoms with E-state index in [2.05, 4.69) is 24.0 Å². The van der Waals surface area contributed by atoms with Crippen molar-refractivity contribution in [2.24, 2.45) is 0 Å². The van der Waals surface area contributed by atoms with E-state index in [0.29, 0.717) is 0 Å². The molecule has 2 heteroatoms. The van der Waals surface area contributed by atoms with Gasteiger partial charge in [0.1, 0.15) is 0 Å². The molecule has 0 saturated carbocycles. The number of thioether (sulfide) groups is 1. The van der Waals surface area contributed by atoms with Crippen molar-refractivity contribution in [3.8, 4) is 0 Å². The summed E-state index contributed by atoms with van der Waals surface area (Å²) < 4.78 is 0. The van der Waals surface area contributed by atoms with Gasteiger partial charge in [-0.05, 0) is 25.1 Å². The molecule has 1 nitrogen and oxygen atoms in total. The van der Waals surface area contributed by atoms with Gasteiger partial charge in [-0.25, -0.2) is 0 Å². The molecular formula is C10H21NS. The zero-order valence-electron chi connectivity index (χ0n) is 8.14. The van der Waals surface area contributed by atoms with Crippen LogP contribution in [0.3, 0.4) is 0 Å². The fourth-order valence-electron chi connectivity index (χ4n) is 1.55. The molecule has 0 radical (unpaired) electrons. The van der Waals surface area contributed by atoms with Gasteiger partial charge in [-0.3, -0.25) is 0 Å². The van der Waals surface area contributed by atoms with E-state index < -0.39 is 0 Å². The van der Waals surface area contributed by atoms with Gasteiger partial charge >= 0.3 is 0 Å². The molecule has 0 aromatic heterocycles. The highest BCUT2D eigenvalue weighted by molar-refractivity contribution is 7.99. The molecule has 0 bridgehead atoms. The van der Waals surface area contributed by atoms with Crippen LogP contribution in [-0.2, 0) is 0 Å². The van der Waals surface area contributed by atoms with Crippen LogP contribution in [0.1, 0.15) is 39.0 Å². The van der Waals surface area contributed by atoms with E-state index in [9.17, 15) is 0 Å². The maximum Gasteiger partial charge on any atom is 0.0166 e. The van der Waals surface area contributed by atoms with Gasteiger partial charge in [0.15, 0.2) is 0 Å². The lowest BCUT2D eigenvalue weighted by atomic mass is 10.2. The Hall–Kier alpha value is 0.310. The Labute approximate surface area is 80.7 Å². The van der Waals surface area contributed by atoms with Crippen molar-refractivity contribution in [2.75, 3.05) is 18.1 Å². The van der Waals surface area contributed by atoms with Crippen LogP contribution < -0.4 is 5.32 Å². The SMILES string of the molecule is CCCCCCNC1CCSC1. The molecule has 0 spiro atoms. The third kappa shape index (κ3) is 4.36. The van der Waals surface area contributed by atoms with Crippen LogP contribution in [0.5, 0.6) is 0 Å². The molecule has 0 amide bonds. The van der Waals surface area contributed by atoms with Gasteiger partial charge in [-0.15, -0.1) is 0 Å². The molecule has 1 atom stereocenters. The highest BCUT2D eigenvalue weighted by atomic mass is 32.2. The van der Waals surface area contributed by atoms with Crippen molar-refractivity contribution in [3.63, 3.8) is 0 Å². The lowest BCUT2D eigenvalue weighted by molar-refractivity contribution is 0.527. The second-order valence-electron chi connectivity index (χ2n) is 3.58. The molecule has 0 aromatic rings. The van der Waals surface area contributed by atoms with Crippen LogP contribution in [0.25, 0.3) is 0 Å². The average molecular weight is 187 g/mol. The van der Waals surface area contributed by atoms with Gasteiger partial charge in [0.2, 0.25) is 0 Å². The fraction of sp³-hybridized carbons (Fsp3) is 1.00. The predicted octanol–water partition coefficient (Wildman–Crippen LogP) is 2.66. The summed E-state index contributed by atoms with van der Waals surface area (Å²) in [4.78, 5) is 0. The summed E-state index contributed by atoms with van der Waals surface area (Å²) >= 11 is 2.09. The highest BCUT2D eigenvalue weighted by Crippen LogP contribution is 2.16. The van der Waals surface area contributed by atoms with Crippen molar-refractivity contribution in [3.05, 3.63) is 0 Å². The molecule has 1 heterocycles. The zero-order chi connectivity index (χ0) is 8.65. The normalized spacial score (nSPS) is 23.2. The fourth-order valence-corrected chi connectivity index (χ4v) is 2.74. The molecule has 72 valence electrons. The monoisotopic (exact) mass is 187 g/mol. The lowest BCUT2D eigenvalue weighted by Gasteiger charge is -2.10. The van der Waals surface area contributed by atoms with Crippen LogP contribution in [0.4, 0.5) is 0 Å². The van der Waals surface area contributed by atoms with Crippen LogP contribution >= 0.6 is 11.8 Å². The van der Waals surface area contributed by atoms with Gasteiger partial charge < -0.3 is 5.32 Å². The van der Waals surface area contributed by atoms with E-state index >= 15 is 0 Å². The Morgan fingerprint density at radius 1 is 1.33 bits per heavy atom. The first-order valence-electron chi connectivity index (χ1n) is 5.24. The Bertz CT molecular complexity index is 100. The second-order valence-corrected chi connectivity index (χ2v) is 4.73. The summed E-state index contributed by atoms with van der Waals surface area (Å²) in [6.45, 7) is 3.51. The van der Waals surface area contributed by atoms with E-state index in [1.54, 1.807) is 0 Å². The zero-order valence-corrected chi connectivity index (χ0v) is 8.96. The minimum atomic E-state index is 0.830. The van der Waals surface area contributed by atoms with E-state index in [-0.39, 0.29) is 0 Å². The summed E-state index contributed by atoms with van der Waals surface area (Å²) in [5.41, 5.74) is 0. The first kappa shape index (κ1) is 10.4. The molecule has 1 aliphatic rings. The Balaban J connectivity index is 1.81. The van der Waals surface area contributed by atoms with Crippen LogP contribution in [0.15, 0.2) is 0 Å². The molecule has 1 N–H and O–H groups in total. The maximum absolute atomic E-state index is 3.62. The Morgan fingerprint density at radius 2 is 2.25 bits per heavy atom. The number of rotatable bonds is 6. The van der Waals surface area contributed by atoms with Crippen molar-refractivity contribution in [2.45, 2.75) is 45.1 Å². The summed E-state index contributed by atoms with van der Waals surface area (Å²) in [6.07, 6.45) is 6.91. The smallest absolute Gasteiger partial charge is 0.0166 e. The van der Waals surface area contributed by atoms with Gasteiger partial charge in [0.05, 0.1) is 0 Å². The number of nitrogens with one attached hydrogen (secondary N) is 1. The molecule has 12 heavy (non-hydrogen) atoms. The molecule has 1 rings (SSSR count). The predicted molar refractivity (Wildman–Crippen MR) is 57.9 cm³/mol. The van der Waals surface area contributed by atoms with E-state index in [1.165, 1.54) is 50.2 Å². The molecule has 0 aliphatic carbocycles. The third-order valence-electron chi connectivity index (χ3n) is 2.39. The quantitative estimate of drug-likeness (QED) is 0.642. The van der Waals surface area contributed by atoms with E-state index in [0.717, 1.165) is 6.04 Å².